The van der Waals surface area contributed by atoms with Crippen LogP contribution in [0.2, 0.25) is 0 Å². The number of fused-ring (bicyclic) bond motifs is 2. The predicted octanol–water partition coefficient (Wildman–Crippen LogP) is 5.93. The fraction of sp³-hybridized carbons (Fsp3) is 0.233. The molecule has 0 saturated carbocycles. The second kappa shape index (κ2) is 10.7. The molecule has 0 aliphatic rings. The van der Waals surface area contributed by atoms with E-state index in [-0.39, 0.29) is 19.0 Å². The minimum absolute atomic E-state index is 0.166. The first-order valence-corrected chi connectivity index (χ1v) is 12.6. The summed E-state index contributed by atoms with van der Waals surface area (Å²) in [5.41, 5.74) is 11.0. The van der Waals surface area contributed by atoms with Crippen LogP contribution in [0.5, 0.6) is 5.75 Å². The molecule has 0 unspecified atom stereocenters. The Morgan fingerprint density at radius 2 is 1.76 bits per heavy atom. The summed E-state index contributed by atoms with van der Waals surface area (Å²) in [4.78, 5) is 16.3. The van der Waals surface area contributed by atoms with Gasteiger partial charge in [-0.05, 0) is 60.2 Å². The number of carbonyl (C=O) groups excluding carboxylic acids is 1. The Bertz CT molecular complexity index is 1570. The fourth-order valence-corrected chi connectivity index (χ4v) is 4.59. The third-order valence-corrected chi connectivity index (χ3v) is 6.37. The second-order valence-corrected chi connectivity index (χ2v) is 8.91. The van der Waals surface area contributed by atoms with Crippen LogP contribution in [0.4, 0.5) is 5.82 Å². The number of hydrogen-bond donors (Lipinski definition) is 1. The molecule has 7 nitrogen and oxygen atoms in total. The van der Waals surface area contributed by atoms with Gasteiger partial charge in [0, 0.05) is 29.1 Å². The average Bonchev–Trinajstić information content (AvgIpc) is 3.25. The average molecular weight is 495 g/mol. The number of esters is 1. The number of para-hydroxylation sites is 1. The second-order valence-electron chi connectivity index (χ2n) is 8.91. The van der Waals surface area contributed by atoms with Crippen molar-refractivity contribution in [2.24, 2.45) is 0 Å². The Balaban J connectivity index is 1.49. The van der Waals surface area contributed by atoms with Gasteiger partial charge in [-0.1, -0.05) is 43.3 Å². The molecule has 0 saturated heterocycles. The minimum Gasteiger partial charge on any atom is -0.487 e. The van der Waals surface area contributed by atoms with Gasteiger partial charge in [0.25, 0.3) is 0 Å². The summed E-state index contributed by atoms with van der Waals surface area (Å²) in [6.07, 6.45) is 2.86. The van der Waals surface area contributed by atoms with Crippen molar-refractivity contribution in [1.82, 2.24) is 14.8 Å². The van der Waals surface area contributed by atoms with E-state index in [1.165, 1.54) is 0 Å². The molecule has 0 amide bonds. The van der Waals surface area contributed by atoms with Crippen molar-refractivity contribution in [3.8, 4) is 16.9 Å². The largest absolute Gasteiger partial charge is 0.487 e. The molecule has 2 N–H and O–H groups in total. The van der Waals surface area contributed by atoms with Crippen LogP contribution in [-0.4, -0.2) is 27.3 Å². The molecule has 5 aromatic rings. The molecule has 3 aromatic carbocycles. The molecule has 0 aliphatic carbocycles. The standard InChI is InChI=1S/C30H30N4O3/c1-3-15-34-27-12-11-22(21-10-9-20-13-14-32-30(31)24(20)16-21)17-25(27)26(33-34)19-37-28-8-6-5-7-23(28)18-29(35)36-4-2/h5-14,16-17H,3-4,15,18-19H2,1-2H3,(H2,31,32). The van der Waals surface area contributed by atoms with Gasteiger partial charge in [0.1, 0.15) is 23.9 Å². The number of carbonyl (C=O) groups is 1. The third kappa shape index (κ3) is 5.11. The number of anilines is 1. The van der Waals surface area contributed by atoms with E-state index >= 15 is 0 Å². The maximum absolute atomic E-state index is 12.1. The Morgan fingerprint density at radius 1 is 0.973 bits per heavy atom. The minimum atomic E-state index is -0.271. The number of rotatable bonds is 9. The Morgan fingerprint density at radius 3 is 2.57 bits per heavy atom. The summed E-state index contributed by atoms with van der Waals surface area (Å²) < 4.78 is 13.4. The molecule has 0 radical (unpaired) electrons. The van der Waals surface area contributed by atoms with E-state index in [1.54, 1.807) is 13.1 Å². The number of ether oxygens (including phenoxy) is 2. The maximum atomic E-state index is 12.1. The fourth-order valence-electron chi connectivity index (χ4n) is 4.59. The molecule has 7 heteroatoms. The van der Waals surface area contributed by atoms with Gasteiger partial charge in [-0.2, -0.15) is 5.10 Å². The quantitative estimate of drug-likeness (QED) is 0.255. The van der Waals surface area contributed by atoms with Crippen molar-refractivity contribution in [3.63, 3.8) is 0 Å². The number of benzene rings is 3. The molecule has 0 fully saturated rings. The molecular weight excluding hydrogens is 464 g/mol. The van der Waals surface area contributed by atoms with E-state index in [1.807, 2.05) is 35.0 Å². The maximum Gasteiger partial charge on any atom is 0.310 e. The lowest BCUT2D eigenvalue weighted by molar-refractivity contribution is -0.142. The van der Waals surface area contributed by atoms with Crippen molar-refractivity contribution in [2.45, 2.75) is 39.8 Å². The van der Waals surface area contributed by atoms with Gasteiger partial charge >= 0.3 is 5.97 Å². The molecular formula is C30H30N4O3. The van der Waals surface area contributed by atoms with Crippen LogP contribution in [0.3, 0.4) is 0 Å². The zero-order valence-electron chi connectivity index (χ0n) is 21.1. The number of nitrogens with zero attached hydrogens (tertiary/aromatic N) is 3. The Labute approximate surface area is 215 Å². The molecule has 188 valence electrons. The molecule has 0 bridgehead atoms. The number of nitrogens with two attached hydrogens (primary N) is 1. The van der Waals surface area contributed by atoms with Gasteiger partial charge in [-0.25, -0.2) is 4.98 Å². The zero-order chi connectivity index (χ0) is 25.8. The first-order chi connectivity index (χ1) is 18.1. The third-order valence-electron chi connectivity index (χ3n) is 6.37. The van der Waals surface area contributed by atoms with Crippen LogP contribution >= 0.6 is 0 Å². The molecule has 0 spiro atoms. The summed E-state index contributed by atoms with van der Waals surface area (Å²) >= 11 is 0. The van der Waals surface area contributed by atoms with E-state index in [9.17, 15) is 4.79 Å². The lowest BCUT2D eigenvalue weighted by Crippen LogP contribution is -2.09. The predicted molar refractivity (Wildman–Crippen MR) is 146 cm³/mol. The van der Waals surface area contributed by atoms with E-state index < -0.39 is 0 Å². The van der Waals surface area contributed by atoms with Crippen molar-refractivity contribution >= 4 is 33.5 Å². The van der Waals surface area contributed by atoms with Crippen molar-refractivity contribution in [2.75, 3.05) is 12.3 Å². The topological polar surface area (TPSA) is 92.3 Å². The summed E-state index contributed by atoms with van der Waals surface area (Å²) in [7, 11) is 0. The number of nitrogen functional groups attached to an aromatic ring is 1. The molecule has 0 aliphatic heterocycles. The first-order valence-electron chi connectivity index (χ1n) is 12.6. The van der Waals surface area contributed by atoms with E-state index in [0.29, 0.717) is 18.2 Å². The van der Waals surface area contributed by atoms with Crippen molar-refractivity contribution in [1.29, 1.82) is 0 Å². The smallest absolute Gasteiger partial charge is 0.310 e. The normalized spacial score (nSPS) is 11.2. The van der Waals surface area contributed by atoms with Crippen LogP contribution in [0.15, 0.2) is 72.9 Å². The summed E-state index contributed by atoms with van der Waals surface area (Å²) in [6.45, 7) is 5.39. The number of aryl methyl sites for hydroxylation is 1. The Kier molecular flexibility index (Phi) is 7.03. The van der Waals surface area contributed by atoms with Gasteiger partial charge in [0.05, 0.1) is 18.5 Å². The van der Waals surface area contributed by atoms with Gasteiger partial charge in [-0.3, -0.25) is 9.48 Å². The monoisotopic (exact) mass is 494 g/mol. The highest BCUT2D eigenvalue weighted by molar-refractivity contribution is 5.95. The van der Waals surface area contributed by atoms with E-state index in [2.05, 4.69) is 48.3 Å². The van der Waals surface area contributed by atoms with Crippen molar-refractivity contribution in [3.05, 3.63) is 84.2 Å². The lowest BCUT2D eigenvalue weighted by atomic mass is 10.00. The summed E-state index contributed by atoms with van der Waals surface area (Å²) in [6, 6.07) is 22.1. The van der Waals surface area contributed by atoms with Crippen LogP contribution in [0, 0.1) is 0 Å². The van der Waals surface area contributed by atoms with Crippen LogP contribution in [-0.2, 0) is 29.1 Å². The highest BCUT2D eigenvalue weighted by atomic mass is 16.5. The Hall–Kier alpha value is -4.39. The number of pyridine rings is 1. The SMILES string of the molecule is CCCn1nc(COc2ccccc2CC(=O)OCC)c2cc(-c3ccc4ccnc(N)c4c3)ccc21. The molecule has 2 heterocycles. The van der Waals surface area contributed by atoms with Gasteiger partial charge in [0.2, 0.25) is 0 Å². The molecule has 2 aromatic heterocycles. The van der Waals surface area contributed by atoms with Crippen molar-refractivity contribution < 1.29 is 14.3 Å². The van der Waals surface area contributed by atoms with Gasteiger partial charge in [-0.15, -0.1) is 0 Å². The first kappa shape index (κ1) is 24.3. The van der Waals surface area contributed by atoms with E-state index in [0.717, 1.165) is 57.0 Å². The highest BCUT2D eigenvalue weighted by Gasteiger charge is 2.15. The summed E-state index contributed by atoms with van der Waals surface area (Å²) in [5, 5.41) is 7.91. The number of aromatic nitrogens is 3. The summed E-state index contributed by atoms with van der Waals surface area (Å²) in [5.74, 6) is 0.904. The molecule has 0 atom stereocenters. The number of hydrogen-bond acceptors (Lipinski definition) is 6. The van der Waals surface area contributed by atoms with Crippen LogP contribution in [0.25, 0.3) is 32.8 Å². The van der Waals surface area contributed by atoms with Gasteiger partial charge < -0.3 is 15.2 Å². The van der Waals surface area contributed by atoms with Crippen LogP contribution < -0.4 is 10.5 Å². The lowest BCUT2D eigenvalue weighted by Gasteiger charge is -2.10. The molecule has 5 rings (SSSR count). The van der Waals surface area contributed by atoms with Crippen LogP contribution in [0.1, 0.15) is 31.5 Å². The van der Waals surface area contributed by atoms with Gasteiger partial charge in [0.15, 0.2) is 0 Å². The zero-order valence-corrected chi connectivity index (χ0v) is 21.1. The van der Waals surface area contributed by atoms with E-state index in [4.69, 9.17) is 20.3 Å². The molecule has 37 heavy (non-hydrogen) atoms. The highest BCUT2D eigenvalue weighted by Crippen LogP contribution is 2.31.